The molecule has 0 aliphatic heterocycles. The maximum atomic E-state index is 7.17. The Labute approximate surface area is 93.9 Å². The normalized spacial score (nSPS) is 4.50. The minimum absolute atomic E-state index is 0. The summed E-state index contributed by atoms with van der Waals surface area (Å²) in [5, 5.41) is 21.5. The molecule has 6 heavy (non-hydrogen) atoms. The maximum absolute atomic E-state index is 7.17. The summed E-state index contributed by atoms with van der Waals surface area (Å²) in [6.07, 6.45) is 0. The van der Waals surface area contributed by atoms with Crippen LogP contribution in [0, 0.1) is 35.6 Å². The second-order valence-electron chi connectivity index (χ2n) is 0.346. The molecule has 0 unspecified atom stereocenters. The van der Waals surface area contributed by atoms with Crippen molar-refractivity contribution in [1.29, 1.82) is 0 Å². The predicted octanol–water partition coefficient (Wildman–Crippen LogP) is -2.43. The molecule has 0 bridgehead atoms. The average Bonchev–Trinajstić information content (AvgIpc) is 0.811. The third kappa shape index (κ3) is 32.4. The van der Waals surface area contributed by atoms with Gasteiger partial charge < -0.3 is 15.1 Å². The zero-order valence-corrected chi connectivity index (χ0v) is 9.04. The smallest absolute Gasteiger partial charge is 0.402 e. The number of rotatable bonds is 0. The molecule has 0 rings (SSSR count). The molecule has 3 nitrogen and oxygen atoms in total. The molecule has 0 aromatic rings. The average molecular weight is 241 g/mol. The fraction of sp³-hybridized carbons (Fsp3) is 0. The van der Waals surface area contributed by atoms with E-state index in [0.717, 1.165) is 0 Å². The first-order chi connectivity index (χ1) is 1.73. The van der Waals surface area contributed by atoms with Crippen molar-refractivity contribution >= 4 is 45.1 Å². The molecule has 0 saturated carbocycles. The molecule has 3 radical (unpaired) electrons. The summed E-state index contributed by atoms with van der Waals surface area (Å²) >= 11 is 0. The first-order valence-electron chi connectivity index (χ1n) is 0.775. The van der Waals surface area contributed by atoms with Crippen LogP contribution in [-0.4, -0.2) is 60.1 Å². The van der Waals surface area contributed by atoms with Crippen LogP contribution >= 0.6 is 0 Å². The Morgan fingerprint density at radius 2 is 1.00 bits per heavy atom. The second-order valence-corrected chi connectivity index (χ2v) is 0.346. The first-order valence-corrected chi connectivity index (χ1v) is 0.775. The number of hydrogen-bond donors (Lipinski definition) is 3. The fourth-order valence-corrected chi connectivity index (χ4v) is 0. The van der Waals surface area contributed by atoms with Crippen LogP contribution in [0.1, 0.15) is 0 Å². The molecule has 0 aliphatic rings. The molecular weight excluding hydrogens is 238 g/mol. The first kappa shape index (κ1) is 15.8. The maximum Gasteiger partial charge on any atom is 0.631 e. The third-order valence-electron chi connectivity index (χ3n) is 0. The van der Waals surface area contributed by atoms with Gasteiger partial charge in [-0.3, -0.25) is 0 Å². The largest absolute Gasteiger partial charge is 0.631 e. The van der Waals surface area contributed by atoms with Crippen LogP contribution in [0.5, 0.6) is 0 Å². The molecule has 0 spiro atoms. The minimum Gasteiger partial charge on any atom is -0.402 e. The molecule has 3 N–H and O–H groups in total. The summed E-state index contributed by atoms with van der Waals surface area (Å²) in [6.45, 7) is 0. The minimum atomic E-state index is -2.17. The Morgan fingerprint density at radius 3 is 1.00 bits per heavy atom. The van der Waals surface area contributed by atoms with Gasteiger partial charge in [0.05, 0.1) is 0 Å². The van der Waals surface area contributed by atoms with Crippen LogP contribution in [0.25, 0.3) is 0 Å². The zero-order valence-electron chi connectivity index (χ0n) is 3.20. The van der Waals surface area contributed by atoms with Gasteiger partial charge >= 0.3 is 7.32 Å². The van der Waals surface area contributed by atoms with Gasteiger partial charge in [-0.1, -0.05) is 0 Å². The van der Waals surface area contributed by atoms with Gasteiger partial charge in [0.1, 0.15) is 0 Å². The van der Waals surface area contributed by atoms with Crippen molar-refractivity contribution < 1.29 is 50.7 Å². The predicted molar refractivity (Wildman–Crippen MR) is 18.2 cm³/mol. The third-order valence-corrected chi connectivity index (χ3v) is 0. The van der Waals surface area contributed by atoms with E-state index in [1.807, 2.05) is 0 Å². The zero-order chi connectivity index (χ0) is 3.58. The van der Waals surface area contributed by atoms with Crippen LogP contribution in [0.4, 0.5) is 0 Å². The van der Waals surface area contributed by atoms with E-state index in [9.17, 15) is 0 Å². The van der Waals surface area contributed by atoms with Crippen molar-refractivity contribution in [2.45, 2.75) is 0 Å². The Morgan fingerprint density at radius 1 is 1.00 bits per heavy atom. The van der Waals surface area contributed by atoms with E-state index < -0.39 is 7.32 Å². The SMILES string of the molecule is OB(O)O.[Ca].[La]. The summed E-state index contributed by atoms with van der Waals surface area (Å²) in [5.41, 5.74) is 0. The Kier molecular flexibility index (Phi) is 27.3. The summed E-state index contributed by atoms with van der Waals surface area (Å²) in [6, 6.07) is 0. The molecule has 0 heterocycles. The van der Waals surface area contributed by atoms with E-state index in [2.05, 4.69) is 0 Å². The summed E-state index contributed by atoms with van der Waals surface area (Å²) < 4.78 is 0. The van der Waals surface area contributed by atoms with Gasteiger partial charge in [0.25, 0.3) is 0 Å². The number of hydrogen-bond acceptors (Lipinski definition) is 3. The van der Waals surface area contributed by atoms with Crippen LogP contribution in [0.3, 0.4) is 0 Å². The Balaban J connectivity index is -0.0000000450. The molecular formula is H3BCaLaO3. The second kappa shape index (κ2) is 10.4. The van der Waals surface area contributed by atoms with Crippen molar-refractivity contribution in [2.75, 3.05) is 0 Å². The molecule has 6 heteroatoms. The van der Waals surface area contributed by atoms with Gasteiger partial charge in [0, 0.05) is 73.3 Å². The van der Waals surface area contributed by atoms with Gasteiger partial charge in [-0.25, -0.2) is 0 Å². The summed E-state index contributed by atoms with van der Waals surface area (Å²) in [7, 11) is -2.17. The van der Waals surface area contributed by atoms with E-state index in [-0.39, 0.29) is 73.3 Å². The van der Waals surface area contributed by atoms with Gasteiger partial charge in [0.2, 0.25) is 0 Å². The monoisotopic (exact) mass is 241 g/mol. The van der Waals surface area contributed by atoms with Crippen LogP contribution in [0.15, 0.2) is 0 Å². The van der Waals surface area contributed by atoms with Crippen LogP contribution in [0.2, 0.25) is 0 Å². The summed E-state index contributed by atoms with van der Waals surface area (Å²) in [5.74, 6) is 0. The standard InChI is InChI=1S/BH3O3.Ca.La/c2-1(3)4;;/h2-4H;;. The molecule has 0 saturated heterocycles. The molecule has 0 aliphatic carbocycles. The molecule has 0 aromatic carbocycles. The van der Waals surface area contributed by atoms with Crippen molar-refractivity contribution in [3.63, 3.8) is 0 Å². The van der Waals surface area contributed by atoms with Gasteiger partial charge in [-0.05, 0) is 0 Å². The van der Waals surface area contributed by atoms with Crippen molar-refractivity contribution in [2.24, 2.45) is 0 Å². The molecule has 29 valence electrons. The summed E-state index contributed by atoms with van der Waals surface area (Å²) in [4.78, 5) is 0. The van der Waals surface area contributed by atoms with Crippen LogP contribution in [-0.2, 0) is 0 Å². The molecule has 0 amide bonds. The Bertz CT molecular complexity index is 15.5. The molecule has 0 aromatic heterocycles. The Hall–Kier alpha value is 2.40. The quantitative estimate of drug-likeness (QED) is 0.413. The van der Waals surface area contributed by atoms with Gasteiger partial charge in [0.15, 0.2) is 0 Å². The van der Waals surface area contributed by atoms with Crippen LogP contribution < -0.4 is 0 Å². The van der Waals surface area contributed by atoms with E-state index in [4.69, 9.17) is 15.1 Å². The van der Waals surface area contributed by atoms with Crippen molar-refractivity contribution in [3.8, 4) is 0 Å². The van der Waals surface area contributed by atoms with Crippen molar-refractivity contribution in [1.82, 2.24) is 0 Å². The topological polar surface area (TPSA) is 60.7 Å². The van der Waals surface area contributed by atoms with E-state index in [1.165, 1.54) is 0 Å². The molecule has 0 fully saturated rings. The van der Waals surface area contributed by atoms with Gasteiger partial charge in [-0.2, -0.15) is 0 Å². The van der Waals surface area contributed by atoms with E-state index in [1.54, 1.807) is 0 Å². The van der Waals surface area contributed by atoms with E-state index >= 15 is 0 Å². The van der Waals surface area contributed by atoms with E-state index in [0.29, 0.717) is 0 Å². The van der Waals surface area contributed by atoms with Crippen molar-refractivity contribution in [3.05, 3.63) is 0 Å². The molecule has 0 atom stereocenters. The van der Waals surface area contributed by atoms with Gasteiger partial charge in [-0.15, -0.1) is 0 Å². The fourth-order valence-electron chi connectivity index (χ4n) is 0.